The minimum atomic E-state index is -0.468. The van der Waals surface area contributed by atoms with Crippen LogP contribution in [0, 0.1) is 5.92 Å². The Morgan fingerprint density at radius 1 is 1.14 bits per heavy atom. The summed E-state index contributed by atoms with van der Waals surface area (Å²) in [5, 5.41) is 16.2. The van der Waals surface area contributed by atoms with Gasteiger partial charge >= 0.3 is 0 Å². The van der Waals surface area contributed by atoms with E-state index < -0.39 is 6.04 Å². The molecule has 0 radical (unpaired) electrons. The third-order valence-electron chi connectivity index (χ3n) is 5.00. The maximum Gasteiger partial charge on any atom is 0.253 e. The molecule has 12 heteroatoms. The molecule has 2 amide bonds. The fraction of sp³-hybridized carbons (Fsp3) is 0.250. The molecule has 36 heavy (non-hydrogen) atoms. The Morgan fingerprint density at radius 2 is 1.89 bits per heavy atom. The molecule has 1 heterocycles. The molecule has 1 atom stereocenters. The van der Waals surface area contributed by atoms with Crippen molar-refractivity contribution in [1.82, 2.24) is 20.1 Å². The zero-order valence-electron chi connectivity index (χ0n) is 19.4. The molecule has 7 nitrogen and oxygen atoms in total. The van der Waals surface area contributed by atoms with Gasteiger partial charge in [-0.25, -0.2) is 0 Å². The SMILES string of the molecule is C=CCn1c(SCC(=O)Nc2ccc(Br)c(Cl)c2)nnc1[C@@H](NC(=O)c1ccc(Cl)cc1Cl)C(C)C. The van der Waals surface area contributed by atoms with E-state index in [0.717, 1.165) is 4.47 Å². The van der Waals surface area contributed by atoms with E-state index in [1.54, 1.807) is 36.4 Å². The topological polar surface area (TPSA) is 88.9 Å². The highest BCUT2D eigenvalue weighted by Crippen LogP contribution is 2.28. The van der Waals surface area contributed by atoms with Crippen LogP contribution in [-0.2, 0) is 11.3 Å². The summed E-state index contributed by atoms with van der Waals surface area (Å²) in [6, 6.07) is 9.40. The number of anilines is 1. The molecule has 0 bridgehead atoms. The summed E-state index contributed by atoms with van der Waals surface area (Å²) < 4.78 is 2.57. The number of rotatable bonds is 10. The van der Waals surface area contributed by atoms with Crippen molar-refractivity contribution in [2.45, 2.75) is 31.6 Å². The van der Waals surface area contributed by atoms with Crippen LogP contribution in [0.4, 0.5) is 5.69 Å². The molecule has 0 aliphatic heterocycles. The molecule has 0 spiro atoms. The number of carbonyl (C=O) groups excluding carboxylic acids is 2. The summed E-state index contributed by atoms with van der Waals surface area (Å²) in [7, 11) is 0. The first kappa shape index (κ1) is 28.5. The van der Waals surface area contributed by atoms with Crippen molar-refractivity contribution in [3.63, 3.8) is 0 Å². The number of hydrogen-bond acceptors (Lipinski definition) is 5. The molecule has 190 valence electrons. The number of allylic oxidation sites excluding steroid dienone is 1. The van der Waals surface area contributed by atoms with Crippen LogP contribution in [0.15, 0.2) is 58.7 Å². The van der Waals surface area contributed by atoms with Crippen LogP contribution in [-0.4, -0.2) is 32.3 Å². The van der Waals surface area contributed by atoms with Gasteiger partial charge in [-0.2, -0.15) is 0 Å². The molecule has 2 N–H and O–H groups in total. The van der Waals surface area contributed by atoms with Gasteiger partial charge in [0.15, 0.2) is 11.0 Å². The molecule has 0 unspecified atom stereocenters. The highest BCUT2D eigenvalue weighted by Gasteiger charge is 2.27. The van der Waals surface area contributed by atoms with Gasteiger partial charge in [0, 0.05) is 21.7 Å². The molecular formula is C24H23BrCl3N5O2S. The van der Waals surface area contributed by atoms with Crippen molar-refractivity contribution in [2.24, 2.45) is 5.92 Å². The van der Waals surface area contributed by atoms with Gasteiger partial charge in [-0.05, 0) is 58.2 Å². The molecular weight excluding hydrogens is 609 g/mol. The first-order valence-electron chi connectivity index (χ1n) is 10.8. The predicted molar refractivity (Wildman–Crippen MR) is 150 cm³/mol. The van der Waals surface area contributed by atoms with E-state index in [4.69, 9.17) is 34.8 Å². The minimum Gasteiger partial charge on any atom is -0.342 e. The Kier molecular flexibility index (Phi) is 10.3. The Hall–Kier alpha value is -2.04. The van der Waals surface area contributed by atoms with Gasteiger partial charge in [0.1, 0.15) is 0 Å². The zero-order chi connectivity index (χ0) is 26.4. The summed E-state index contributed by atoms with van der Waals surface area (Å²) in [5.74, 6) is 0.0497. The third-order valence-corrected chi connectivity index (χ3v) is 7.75. The number of hydrogen-bond donors (Lipinski definition) is 2. The molecule has 1 aromatic heterocycles. The van der Waals surface area contributed by atoms with Crippen molar-refractivity contribution < 1.29 is 9.59 Å². The van der Waals surface area contributed by atoms with Crippen molar-refractivity contribution in [2.75, 3.05) is 11.1 Å². The van der Waals surface area contributed by atoms with Crippen molar-refractivity contribution >= 4 is 80.0 Å². The predicted octanol–water partition coefficient (Wildman–Crippen LogP) is 7.04. The number of halogens is 4. The van der Waals surface area contributed by atoms with Gasteiger partial charge in [-0.15, -0.1) is 16.8 Å². The number of aromatic nitrogens is 3. The monoisotopic (exact) mass is 629 g/mol. The molecule has 0 aliphatic rings. The van der Waals surface area contributed by atoms with Crippen LogP contribution in [0.3, 0.4) is 0 Å². The zero-order valence-corrected chi connectivity index (χ0v) is 24.1. The van der Waals surface area contributed by atoms with Crippen LogP contribution in [0.1, 0.15) is 36.1 Å². The fourth-order valence-electron chi connectivity index (χ4n) is 3.26. The molecule has 0 aliphatic carbocycles. The second-order valence-corrected chi connectivity index (χ2v) is 11.1. The lowest BCUT2D eigenvalue weighted by atomic mass is 10.0. The quantitative estimate of drug-likeness (QED) is 0.185. The average Bonchev–Trinajstić information content (AvgIpc) is 3.20. The maximum atomic E-state index is 13.0. The first-order chi connectivity index (χ1) is 17.1. The molecule has 0 fully saturated rings. The summed E-state index contributed by atoms with van der Waals surface area (Å²) in [4.78, 5) is 25.5. The summed E-state index contributed by atoms with van der Waals surface area (Å²) >= 11 is 22.8. The first-order valence-corrected chi connectivity index (χ1v) is 13.7. The summed E-state index contributed by atoms with van der Waals surface area (Å²) in [6.07, 6.45) is 1.70. The van der Waals surface area contributed by atoms with Crippen LogP contribution in [0.5, 0.6) is 0 Å². The Balaban J connectivity index is 1.76. The average molecular weight is 632 g/mol. The number of thioether (sulfide) groups is 1. The van der Waals surface area contributed by atoms with Gasteiger partial charge in [-0.1, -0.05) is 66.5 Å². The fourth-order valence-corrected chi connectivity index (χ4v) is 4.94. The van der Waals surface area contributed by atoms with Crippen LogP contribution >= 0.6 is 62.5 Å². The van der Waals surface area contributed by atoms with E-state index in [-0.39, 0.29) is 28.5 Å². The van der Waals surface area contributed by atoms with Crippen molar-refractivity contribution in [3.8, 4) is 0 Å². The normalized spacial score (nSPS) is 11.9. The van der Waals surface area contributed by atoms with E-state index in [1.165, 1.54) is 17.8 Å². The van der Waals surface area contributed by atoms with E-state index in [9.17, 15) is 9.59 Å². The van der Waals surface area contributed by atoms with Gasteiger partial charge in [0.05, 0.1) is 27.4 Å². The van der Waals surface area contributed by atoms with E-state index in [1.807, 2.05) is 18.4 Å². The number of nitrogens with one attached hydrogen (secondary N) is 2. The third kappa shape index (κ3) is 7.26. The summed E-state index contributed by atoms with van der Waals surface area (Å²) in [5.41, 5.74) is 0.895. The number of carbonyl (C=O) groups is 2. The molecule has 0 saturated carbocycles. The van der Waals surface area contributed by atoms with Gasteiger partial charge in [-0.3, -0.25) is 9.59 Å². The van der Waals surface area contributed by atoms with Crippen molar-refractivity contribution in [3.05, 3.63) is 80.0 Å². The number of amides is 2. The highest BCUT2D eigenvalue weighted by molar-refractivity contribution is 9.10. The molecule has 3 rings (SSSR count). The van der Waals surface area contributed by atoms with Gasteiger partial charge < -0.3 is 15.2 Å². The van der Waals surface area contributed by atoms with Gasteiger partial charge in [0.25, 0.3) is 5.91 Å². The molecule has 0 saturated heterocycles. The van der Waals surface area contributed by atoms with Crippen LogP contribution in [0.2, 0.25) is 15.1 Å². The smallest absolute Gasteiger partial charge is 0.253 e. The lowest BCUT2D eigenvalue weighted by Gasteiger charge is -2.23. The number of benzene rings is 2. The van der Waals surface area contributed by atoms with Gasteiger partial charge in [0.2, 0.25) is 5.91 Å². The second kappa shape index (κ2) is 13.0. The Morgan fingerprint density at radius 3 is 2.53 bits per heavy atom. The van der Waals surface area contributed by atoms with Crippen LogP contribution < -0.4 is 10.6 Å². The largest absolute Gasteiger partial charge is 0.342 e. The second-order valence-electron chi connectivity index (χ2n) is 8.03. The standard InChI is InChI=1S/C24H23BrCl3N5O2S/c1-4-9-33-22(21(13(2)3)30-23(35)16-7-5-14(26)10-18(16)27)31-32-24(33)36-12-20(34)29-15-6-8-17(25)19(28)11-15/h4-8,10-11,13,21H,1,9,12H2,2-3H3,(H,29,34)(H,30,35)/t21-/m0/s1. The maximum absolute atomic E-state index is 13.0. The van der Waals surface area contributed by atoms with E-state index in [2.05, 4.69) is 43.3 Å². The lowest BCUT2D eigenvalue weighted by Crippen LogP contribution is -2.34. The van der Waals surface area contributed by atoms with Crippen LogP contribution in [0.25, 0.3) is 0 Å². The Bertz CT molecular complexity index is 1280. The minimum absolute atomic E-state index is 0.0175. The lowest BCUT2D eigenvalue weighted by molar-refractivity contribution is -0.113. The van der Waals surface area contributed by atoms with Crippen molar-refractivity contribution in [1.29, 1.82) is 0 Å². The molecule has 3 aromatic rings. The number of nitrogens with zero attached hydrogens (tertiary/aromatic N) is 3. The van der Waals surface area contributed by atoms with E-state index >= 15 is 0 Å². The highest BCUT2D eigenvalue weighted by atomic mass is 79.9. The Labute approximate surface area is 237 Å². The molecule has 2 aromatic carbocycles. The summed E-state index contributed by atoms with van der Waals surface area (Å²) in [6.45, 7) is 8.14. The van der Waals surface area contributed by atoms with E-state index in [0.29, 0.717) is 38.8 Å².